The van der Waals surface area contributed by atoms with E-state index < -0.39 is 5.97 Å². The molecule has 4 nitrogen and oxygen atoms in total. The monoisotopic (exact) mass is 184 g/mol. The van der Waals surface area contributed by atoms with Crippen LogP contribution in [-0.2, 0) is 4.79 Å². The summed E-state index contributed by atoms with van der Waals surface area (Å²) in [6.07, 6.45) is 2.91. The van der Waals surface area contributed by atoms with E-state index in [0.29, 0.717) is 18.2 Å². The molecule has 13 heavy (non-hydrogen) atoms. The van der Waals surface area contributed by atoms with Crippen molar-refractivity contribution >= 4 is 5.97 Å². The molecule has 2 aliphatic rings. The second-order valence-corrected chi connectivity index (χ2v) is 4.12. The maximum Gasteiger partial charge on any atom is 0.306 e. The maximum absolute atomic E-state index is 10.8. The summed E-state index contributed by atoms with van der Waals surface area (Å²) in [5.74, 6) is -0.777. The van der Waals surface area contributed by atoms with Crippen molar-refractivity contribution in [1.29, 1.82) is 0 Å². The SMILES string of the molecule is CC1NC2CCC(C(=O)O)CC2N1. The van der Waals surface area contributed by atoms with Crippen LogP contribution in [0.4, 0.5) is 0 Å². The summed E-state index contributed by atoms with van der Waals surface area (Å²) in [5.41, 5.74) is 0. The molecular formula is C9H16N2O2. The van der Waals surface area contributed by atoms with Crippen LogP contribution in [0.5, 0.6) is 0 Å². The lowest BCUT2D eigenvalue weighted by Crippen LogP contribution is -2.41. The summed E-state index contributed by atoms with van der Waals surface area (Å²) in [5, 5.41) is 15.7. The topological polar surface area (TPSA) is 61.4 Å². The molecule has 1 saturated heterocycles. The molecule has 0 aromatic heterocycles. The molecule has 0 aromatic carbocycles. The van der Waals surface area contributed by atoms with Gasteiger partial charge in [0.15, 0.2) is 0 Å². The number of rotatable bonds is 1. The van der Waals surface area contributed by atoms with Crippen LogP contribution < -0.4 is 10.6 Å². The van der Waals surface area contributed by atoms with Crippen molar-refractivity contribution in [3.63, 3.8) is 0 Å². The van der Waals surface area contributed by atoms with Gasteiger partial charge >= 0.3 is 5.97 Å². The van der Waals surface area contributed by atoms with Crippen molar-refractivity contribution in [3.05, 3.63) is 0 Å². The summed E-state index contributed by atoms with van der Waals surface area (Å²) in [7, 11) is 0. The molecule has 1 aliphatic carbocycles. The van der Waals surface area contributed by atoms with E-state index in [1.807, 2.05) is 0 Å². The van der Waals surface area contributed by atoms with Gasteiger partial charge in [-0.05, 0) is 26.2 Å². The molecule has 2 rings (SSSR count). The second kappa shape index (κ2) is 3.27. The van der Waals surface area contributed by atoms with E-state index in [-0.39, 0.29) is 5.92 Å². The summed E-state index contributed by atoms with van der Waals surface area (Å²) < 4.78 is 0. The smallest absolute Gasteiger partial charge is 0.306 e. The van der Waals surface area contributed by atoms with E-state index in [1.54, 1.807) is 0 Å². The lowest BCUT2D eigenvalue weighted by atomic mass is 9.83. The number of carboxylic acid groups (broad SMARTS) is 1. The Hall–Kier alpha value is -0.610. The molecule has 2 fully saturated rings. The highest BCUT2D eigenvalue weighted by molar-refractivity contribution is 5.70. The van der Waals surface area contributed by atoms with Crippen molar-refractivity contribution in [3.8, 4) is 0 Å². The van der Waals surface area contributed by atoms with E-state index in [2.05, 4.69) is 17.6 Å². The average Bonchev–Trinajstić information content (AvgIpc) is 2.42. The van der Waals surface area contributed by atoms with Crippen LogP contribution in [0.15, 0.2) is 0 Å². The summed E-state index contributed by atoms with van der Waals surface area (Å²) in [4.78, 5) is 10.8. The Balaban J connectivity index is 1.97. The van der Waals surface area contributed by atoms with Crippen LogP contribution in [0.25, 0.3) is 0 Å². The molecule has 4 unspecified atom stereocenters. The van der Waals surface area contributed by atoms with Crippen molar-refractivity contribution < 1.29 is 9.90 Å². The predicted molar refractivity (Wildman–Crippen MR) is 48.3 cm³/mol. The third-order valence-corrected chi connectivity index (χ3v) is 3.13. The molecule has 1 saturated carbocycles. The zero-order valence-electron chi connectivity index (χ0n) is 7.79. The summed E-state index contributed by atoms with van der Waals surface area (Å²) in [6, 6.07) is 0.857. The number of aliphatic carboxylic acids is 1. The fraction of sp³-hybridized carbons (Fsp3) is 0.889. The van der Waals surface area contributed by atoms with Crippen LogP contribution >= 0.6 is 0 Å². The number of hydrogen-bond acceptors (Lipinski definition) is 3. The number of hydrogen-bond donors (Lipinski definition) is 3. The van der Waals surface area contributed by atoms with Crippen LogP contribution in [-0.4, -0.2) is 29.3 Å². The Labute approximate surface area is 77.7 Å². The maximum atomic E-state index is 10.8. The predicted octanol–water partition coefficient (Wildman–Crippen LogP) is 0.147. The van der Waals surface area contributed by atoms with Gasteiger partial charge < -0.3 is 5.11 Å². The lowest BCUT2D eigenvalue weighted by molar-refractivity contribution is -0.143. The Bertz CT molecular complexity index is 220. The molecule has 0 amide bonds. The highest BCUT2D eigenvalue weighted by Gasteiger charge is 2.38. The third kappa shape index (κ3) is 1.69. The quantitative estimate of drug-likeness (QED) is 0.543. The first-order valence-electron chi connectivity index (χ1n) is 4.91. The van der Waals surface area contributed by atoms with Gasteiger partial charge in [0.05, 0.1) is 12.1 Å². The van der Waals surface area contributed by atoms with Gasteiger partial charge in [0.2, 0.25) is 0 Å². The second-order valence-electron chi connectivity index (χ2n) is 4.12. The highest BCUT2D eigenvalue weighted by Crippen LogP contribution is 2.27. The van der Waals surface area contributed by atoms with E-state index in [4.69, 9.17) is 5.11 Å². The van der Waals surface area contributed by atoms with Crippen LogP contribution in [0, 0.1) is 5.92 Å². The van der Waals surface area contributed by atoms with E-state index >= 15 is 0 Å². The van der Waals surface area contributed by atoms with Gasteiger partial charge in [-0.2, -0.15) is 0 Å². The normalized spacial score (nSPS) is 44.4. The van der Waals surface area contributed by atoms with Gasteiger partial charge in [-0.1, -0.05) is 0 Å². The number of fused-ring (bicyclic) bond motifs is 1. The average molecular weight is 184 g/mol. The van der Waals surface area contributed by atoms with E-state index in [0.717, 1.165) is 19.3 Å². The Morgan fingerprint density at radius 3 is 2.69 bits per heavy atom. The fourth-order valence-electron chi connectivity index (χ4n) is 2.47. The van der Waals surface area contributed by atoms with Crippen LogP contribution in [0.3, 0.4) is 0 Å². The number of carbonyl (C=O) groups is 1. The molecule has 1 aliphatic heterocycles. The molecule has 1 heterocycles. The van der Waals surface area contributed by atoms with Crippen molar-refractivity contribution in [2.75, 3.05) is 0 Å². The Kier molecular flexibility index (Phi) is 2.26. The molecule has 74 valence electrons. The minimum Gasteiger partial charge on any atom is -0.481 e. The zero-order chi connectivity index (χ0) is 9.42. The lowest BCUT2D eigenvalue weighted by Gasteiger charge is -2.28. The fourth-order valence-corrected chi connectivity index (χ4v) is 2.47. The standard InChI is InChI=1S/C9H16N2O2/c1-5-10-7-3-2-6(9(12)13)4-8(7)11-5/h5-8,10-11H,2-4H2,1H3,(H,12,13). The van der Waals surface area contributed by atoms with Gasteiger partial charge in [-0.3, -0.25) is 15.4 Å². The molecule has 0 bridgehead atoms. The molecule has 4 heteroatoms. The van der Waals surface area contributed by atoms with E-state index in [1.165, 1.54) is 0 Å². The molecule has 0 aromatic rings. The van der Waals surface area contributed by atoms with Crippen molar-refractivity contribution in [1.82, 2.24) is 10.6 Å². The largest absolute Gasteiger partial charge is 0.481 e. The van der Waals surface area contributed by atoms with Crippen LogP contribution in [0.1, 0.15) is 26.2 Å². The molecule has 4 atom stereocenters. The summed E-state index contributed by atoms with van der Waals surface area (Å²) in [6.45, 7) is 2.08. The van der Waals surface area contributed by atoms with Gasteiger partial charge in [-0.15, -0.1) is 0 Å². The van der Waals surface area contributed by atoms with Gasteiger partial charge in [-0.25, -0.2) is 0 Å². The molecule has 0 spiro atoms. The first-order valence-corrected chi connectivity index (χ1v) is 4.91. The Morgan fingerprint density at radius 1 is 1.31 bits per heavy atom. The van der Waals surface area contributed by atoms with E-state index in [9.17, 15) is 4.79 Å². The van der Waals surface area contributed by atoms with Gasteiger partial charge in [0.1, 0.15) is 0 Å². The number of carboxylic acids is 1. The molecule has 3 N–H and O–H groups in total. The van der Waals surface area contributed by atoms with Crippen molar-refractivity contribution in [2.45, 2.75) is 44.4 Å². The first-order chi connectivity index (χ1) is 6.16. The van der Waals surface area contributed by atoms with Gasteiger partial charge in [0.25, 0.3) is 0 Å². The zero-order valence-corrected chi connectivity index (χ0v) is 7.79. The Morgan fingerprint density at radius 2 is 2.00 bits per heavy atom. The highest BCUT2D eigenvalue weighted by atomic mass is 16.4. The minimum absolute atomic E-state index is 0.138. The van der Waals surface area contributed by atoms with Gasteiger partial charge in [0, 0.05) is 12.1 Å². The number of nitrogens with one attached hydrogen (secondary N) is 2. The molecule has 0 radical (unpaired) electrons. The van der Waals surface area contributed by atoms with Crippen LogP contribution in [0.2, 0.25) is 0 Å². The molecular weight excluding hydrogens is 168 g/mol. The third-order valence-electron chi connectivity index (χ3n) is 3.13. The van der Waals surface area contributed by atoms with Crippen molar-refractivity contribution in [2.24, 2.45) is 5.92 Å². The first kappa shape index (κ1) is 8.97. The summed E-state index contributed by atoms with van der Waals surface area (Å²) >= 11 is 0. The minimum atomic E-state index is -0.639.